The van der Waals surface area contributed by atoms with Gasteiger partial charge < -0.3 is 0 Å². The predicted octanol–water partition coefficient (Wildman–Crippen LogP) is 4.28. The average molecular weight is 213 g/mol. The first-order valence-corrected chi connectivity index (χ1v) is 5.88. The summed E-state index contributed by atoms with van der Waals surface area (Å²) in [5.74, 6) is 0.547. The Morgan fingerprint density at radius 3 is 2.38 bits per heavy atom. The number of benzene rings is 1. The molecule has 0 unspecified atom stereocenters. The van der Waals surface area contributed by atoms with Gasteiger partial charge in [0.15, 0.2) is 0 Å². The molecule has 1 aromatic heterocycles. The van der Waals surface area contributed by atoms with Crippen molar-refractivity contribution in [1.82, 2.24) is 4.98 Å². The smallest absolute Gasteiger partial charge is 0.0708 e. The van der Waals surface area contributed by atoms with Gasteiger partial charge in [-0.25, -0.2) is 0 Å². The van der Waals surface area contributed by atoms with Crippen LogP contribution in [0.25, 0.3) is 10.9 Å². The average Bonchev–Trinajstić information content (AvgIpc) is 2.20. The van der Waals surface area contributed by atoms with Crippen LogP contribution in [0.4, 0.5) is 0 Å². The lowest BCUT2D eigenvalue weighted by molar-refractivity contribution is 0.859. The summed E-state index contributed by atoms with van der Waals surface area (Å²) in [6.45, 7) is 10.9. The summed E-state index contributed by atoms with van der Waals surface area (Å²) in [6, 6.07) is 6.52. The molecule has 0 fully saturated rings. The third-order valence-electron chi connectivity index (χ3n) is 3.25. The normalized spacial score (nSPS) is 11.4. The number of fused-ring (bicyclic) bond motifs is 1. The summed E-state index contributed by atoms with van der Waals surface area (Å²) >= 11 is 0. The Morgan fingerprint density at radius 1 is 1.06 bits per heavy atom. The first kappa shape index (κ1) is 11.1. The minimum absolute atomic E-state index is 0.547. The van der Waals surface area contributed by atoms with Crippen LogP contribution in [-0.2, 0) is 0 Å². The molecule has 0 N–H and O–H groups in total. The lowest BCUT2D eigenvalue weighted by atomic mass is 9.92. The maximum absolute atomic E-state index is 4.66. The molecule has 16 heavy (non-hydrogen) atoms. The van der Waals surface area contributed by atoms with E-state index < -0.39 is 0 Å². The molecule has 0 saturated carbocycles. The van der Waals surface area contributed by atoms with Crippen molar-refractivity contribution in [3.63, 3.8) is 0 Å². The van der Waals surface area contributed by atoms with Crippen LogP contribution in [0.3, 0.4) is 0 Å². The van der Waals surface area contributed by atoms with Gasteiger partial charge in [0.1, 0.15) is 0 Å². The largest absolute Gasteiger partial charge is 0.253 e. The summed E-state index contributed by atoms with van der Waals surface area (Å²) in [4.78, 5) is 4.66. The van der Waals surface area contributed by atoms with Crippen molar-refractivity contribution in [3.05, 3.63) is 40.6 Å². The first-order valence-electron chi connectivity index (χ1n) is 5.88. The second-order valence-electron chi connectivity index (χ2n) is 4.91. The highest BCUT2D eigenvalue weighted by molar-refractivity contribution is 5.84. The molecule has 1 heteroatoms. The maximum Gasteiger partial charge on any atom is 0.0708 e. The predicted molar refractivity (Wildman–Crippen MR) is 70.0 cm³/mol. The SMILES string of the molecule is Cc1ccc2nc(C)c(C)c(C(C)C)c2c1. The highest BCUT2D eigenvalue weighted by Crippen LogP contribution is 2.29. The monoisotopic (exact) mass is 213 g/mol. The Morgan fingerprint density at radius 2 is 1.75 bits per heavy atom. The van der Waals surface area contributed by atoms with E-state index in [2.05, 4.69) is 57.8 Å². The van der Waals surface area contributed by atoms with Gasteiger partial charge in [0.25, 0.3) is 0 Å². The molecular weight excluding hydrogens is 194 g/mol. The van der Waals surface area contributed by atoms with E-state index >= 15 is 0 Å². The lowest BCUT2D eigenvalue weighted by Gasteiger charge is -2.15. The van der Waals surface area contributed by atoms with Gasteiger partial charge in [-0.3, -0.25) is 4.98 Å². The fourth-order valence-electron chi connectivity index (χ4n) is 2.37. The Hall–Kier alpha value is -1.37. The Labute approximate surface area is 97.5 Å². The molecule has 1 heterocycles. The molecule has 1 nitrogen and oxygen atoms in total. The number of aromatic nitrogens is 1. The topological polar surface area (TPSA) is 12.9 Å². The Kier molecular flexibility index (Phi) is 2.71. The van der Waals surface area contributed by atoms with Gasteiger partial charge in [0.05, 0.1) is 5.52 Å². The number of hydrogen-bond donors (Lipinski definition) is 0. The molecule has 1 aromatic carbocycles. The zero-order valence-electron chi connectivity index (χ0n) is 10.8. The van der Waals surface area contributed by atoms with E-state index in [1.165, 1.54) is 22.1 Å². The van der Waals surface area contributed by atoms with Gasteiger partial charge >= 0.3 is 0 Å². The molecule has 0 radical (unpaired) electrons. The first-order chi connectivity index (χ1) is 7.50. The van der Waals surface area contributed by atoms with Crippen molar-refractivity contribution in [3.8, 4) is 0 Å². The fraction of sp³-hybridized carbons (Fsp3) is 0.400. The molecule has 2 aromatic rings. The zero-order valence-corrected chi connectivity index (χ0v) is 10.8. The highest BCUT2D eigenvalue weighted by Gasteiger charge is 2.12. The number of rotatable bonds is 1. The molecule has 0 spiro atoms. The van der Waals surface area contributed by atoms with E-state index in [1.807, 2.05) is 0 Å². The minimum Gasteiger partial charge on any atom is -0.253 e. The van der Waals surface area contributed by atoms with E-state index in [-0.39, 0.29) is 0 Å². The molecule has 0 aliphatic carbocycles. The van der Waals surface area contributed by atoms with Gasteiger partial charge in [0, 0.05) is 11.1 Å². The summed E-state index contributed by atoms with van der Waals surface area (Å²) in [6.07, 6.45) is 0. The van der Waals surface area contributed by atoms with Gasteiger partial charge in [-0.15, -0.1) is 0 Å². The van der Waals surface area contributed by atoms with Crippen LogP contribution >= 0.6 is 0 Å². The zero-order chi connectivity index (χ0) is 11.9. The van der Waals surface area contributed by atoms with Crippen molar-refractivity contribution >= 4 is 10.9 Å². The van der Waals surface area contributed by atoms with E-state index in [0.29, 0.717) is 5.92 Å². The molecule has 0 aliphatic heterocycles. The van der Waals surface area contributed by atoms with Crippen LogP contribution in [0, 0.1) is 20.8 Å². The summed E-state index contributed by atoms with van der Waals surface area (Å²) in [5.41, 5.74) is 6.37. The standard InChI is InChI=1S/C15H19N/c1-9(2)15-11(4)12(5)16-14-7-6-10(3)8-13(14)15/h6-9H,1-5H3. The van der Waals surface area contributed by atoms with Crippen molar-refractivity contribution < 1.29 is 0 Å². The molecule has 0 saturated heterocycles. The highest BCUT2D eigenvalue weighted by atomic mass is 14.7. The van der Waals surface area contributed by atoms with Gasteiger partial charge in [-0.2, -0.15) is 0 Å². The number of pyridine rings is 1. The molecule has 2 rings (SSSR count). The van der Waals surface area contributed by atoms with Crippen molar-refractivity contribution in [1.29, 1.82) is 0 Å². The summed E-state index contributed by atoms with van der Waals surface area (Å²) in [7, 11) is 0. The summed E-state index contributed by atoms with van der Waals surface area (Å²) in [5, 5.41) is 1.32. The van der Waals surface area contributed by atoms with Crippen LogP contribution in [0.1, 0.15) is 42.1 Å². The van der Waals surface area contributed by atoms with Crippen molar-refractivity contribution in [2.75, 3.05) is 0 Å². The quantitative estimate of drug-likeness (QED) is 0.689. The van der Waals surface area contributed by atoms with Gasteiger partial charge in [-0.05, 0) is 49.9 Å². The minimum atomic E-state index is 0.547. The van der Waals surface area contributed by atoms with Gasteiger partial charge in [-0.1, -0.05) is 25.5 Å². The maximum atomic E-state index is 4.66. The number of hydrogen-bond acceptors (Lipinski definition) is 1. The second kappa shape index (κ2) is 3.89. The van der Waals surface area contributed by atoms with E-state index in [4.69, 9.17) is 0 Å². The molecule has 0 aliphatic rings. The van der Waals surface area contributed by atoms with E-state index in [0.717, 1.165) is 11.2 Å². The fourth-order valence-corrected chi connectivity index (χ4v) is 2.37. The summed E-state index contributed by atoms with van der Waals surface area (Å²) < 4.78 is 0. The van der Waals surface area contributed by atoms with E-state index in [9.17, 15) is 0 Å². The third-order valence-corrected chi connectivity index (χ3v) is 3.25. The molecular formula is C15H19N. The number of aryl methyl sites for hydroxylation is 2. The van der Waals surface area contributed by atoms with Crippen LogP contribution in [0.5, 0.6) is 0 Å². The Balaban J connectivity index is 2.90. The Bertz CT molecular complexity index is 539. The van der Waals surface area contributed by atoms with Crippen LogP contribution in [0.15, 0.2) is 18.2 Å². The number of nitrogens with zero attached hydrogens (tertiary/aromatic N) is 1. The molecule has 84 valence electrons. The third kappa shape index (κ3) is 1.71. The molecule has 0 atom stereocenters. The second-order valence-corrected chi connectivity index (χ2v) is 4.91. The van der Waals surface area contributed by atoms with Crippen LogP contribution in [0.2, 0.25) is 0 Å². The molecule has 0 bridgehead atoms. The van der Waals surface area contributed by atoms with Crippen molar-refractivity contribution in [2.24, 2.45) is 0 Å². The van der Waals surface area contributed by atoms with E-state index in [1.54, 1.807) is 0 Å². The van der Waals surface area contributed by atoms with Crippen LogP contribution in [-0.4, -0.2) is 4.98 Å². The lowest BCUT2D eigenvalue weighted by Crippen LogP contribution is -2.00. The van der Waals surface area contributed by atoms with Crippen LogP contribution < -0.4 is 0 Å². The van der Waals surface area contributed by atoms with Gasteiger partial charge in [0.2, 0.25) is 0 Å². The molecule has 0 amide bonds. The van der Waals surface area contributed by atoms with Crippen molar-refractivity contribution in [2.45, 2.75) is 40.5 Å².